The molecule has 0 bridgehead atoms. The predicted molar refractivity (Wildman–Crippen MR) is 62.8 cm³/mol. The van der Waals surface area contributed by atoms with Crippen LogP contribution < -0.4 is 4.74 Å². The van der Waals surface area contributed by atoms with Gasteiger partial charge in [-0.1, -0.05) is 18.2 Å². The molecule has 0 N–H and O–H groups in total. The summed E-state index contributed by atoms with van der Waals surface area (Å²) in [4.78, 5) is 12.5. The highest BCUT2D eigenvalue weighted by molar-refractivity contribution is 5.76. The van der Waals surface area contributed by atoms with E-state index in [0.717, 1.165) is 11.4 Å². The van der Waals surface area contributed by atoms with Crippen LogP contribution in [0.4, 0.5) is 0 Å². The summed E-state index contributed by atoms with van der Waals surface area (Å²) >= 11 is 0. The average molecular weight is 226 g/mol. The molecule has 2 heterocycles. The SMILES string of the molecule is Cn1cnc2c(Oc3ccccc3)ncnc21. The molecular formula is C12H10N4O. The van der Waals surface area contributed by atoms with E-state index in [4.69, 9.17) is 4.74 Å². The van der Waals surface area contributed by atoms with Gasteiger partial charge in [0.15, 0.2) is 11.2 Å². The summed E-state index contributed by atoms with van der Waals surface area (Å²) in [6.07, 6.45) is 3.17. The van der Waals surface area contributed by atoms with Crippen molar-refractivity contribution in [3.63, 3.8) is 0 Å². The molecule has 0 saturated heterocycles. The molecule has 0 saturated carbocycles. The van der Waals surface area contributed by atoms with Crippen LogP contribution in [0, 0.1) is 0 Å². The highest BCUT2D eigenvalue weighted by Gasteiger charge is 2.09. The quantitative estimate of drug-likeness (QED) is 0.671. The third-order valence-electron chi connectivity index (χ3n) is 2.42. The number of imidazole rings is 1. The number of benzene rings is 1. The van der Waals surface area contributed by atoms with E-state index in [0.29, 0.717) is 11.4 Å². The zero-order valence-electron chi connectivity index (χ0n) is 9.24. The highest BCUT2D eigenvalue weighted by Crippen LogP contribution is 2.24. The Morgan fingerprint density at radius 2 is 1.88 bits per heavy atom. The van der Waals surface area contributed by atoms with Crippen molar-refractivity contribution >= 4 is 11.2 Å². The monoisotopic (exact) mass is 226 g/mol. The maximum absolute atomic E-state index is 5.68. The molecule has 0 aliphatic heterocycles. The molecule has 0 radical (unpaired) electrons. The van der Waals surface area contributed by atoms with Crippen molar-refractivity contribution in [3.8, 4) is 11.6 Å². The van der Waals surface area contributed by atoms with Crippen LogP contribution >= 0.6 is 0 Å². The Labute approximate surface area is 97.7 Å². The summed E-state index contributed by atoms with van der Waals surface area (Å²) in [5.41, 5.74) is 1.42. The van der Waals surface area contributed by atoms with Crippen LogP contribution in [0.3, 0.4) is 0 Å². The summed E-state index contributed by atoms with van der Waals surface area (Å²) in [6.45, 7) is 0. The van der Waals surface area contributed by atoms with Gasteiger partial charge in [0.25, 0.3) is 5.88 Å². The largest absolute Gasteiger partial charge is 0.437 e. The number of aromatic nitrogens is 4. The highest BCUT2D eigenvalue weighted by atomic mass is 16.5. The van der Waals surface area contributed by atoms with Gasteiger partial charge in [-0.2, -0.15) is 4.98 Å². The summed E-state index contributed by atoms with van der Waals surface area (Å²) in [7, 11) is 1.88. The maximum Gasteiger partial charge on any atom is 0.250 e. The second kappa shape index (κ2) is 3.86. The number of hydrogen-bond donors (Lipinski definition) is 0. The summed E-state index contributed by atoms with van der Waals surface area (Å²) in [5.74, 6) is 1.21. The molecule has 0 aliphatic carbocycles. The molecule has 1 aromatic carbocycles. The lowest BCUT2D eigenvalue weighted by Gasteiger charge is -2.04. The number of aryl methyl sites for hydroxylation is 1. The van der Waals surface area contributed by atoms with Crippen LogP contribution in [0.1, 0.15) is 0 Å². The van der Waals surface area contributed by atoms with Crippen LogP contribution in [0.2, 0.25) is 0 Å². The second-order valence-electron chi connectivity index (χ2n) is 3.62. The van der Waals surface area contributed by atoms with Crippen LogP contribution in [0.25, 0.3) is 11.2 Å². The Bertz CT molecular complexity index is 648. The third kappa shape index (κ3) is 1.71. The molecule has 0 amide bonds. The fraction of sp³-hybridized carbons (Fsp3) is 0.0833. The van der Waals surface area contributed by atoms with Crippen molar-refractivity contribution in [2.75, 3.05) is 0 Å². The van der Waals surface area contributed by atoms with Gasteiger partial charge in [0.2, 0.25) is 0 Å². The Balaban J connectivity index is 2.06. The van der Waals surface area contributed by atoms with Gasteiger partial charge in [0, 0.05) is 7.05 Å². The van der Waals surface area contributed by atoms with Crippen molar-refractivity contribution in [2.24, 2.45) is 7.05 Å². The summed E-state index contributed by atoms with van der Waals surface area (Å²) in [6, 6.07) is 9.50. The van der Waals surface area contributed by atoms with Gasteiger partial charge in [-0.3, -0.25) is 0 Å². The van der Waals surface area contributed by atoms with Gasteiger partial charge in [-0.05, 0) is 12.1 Å². The predicted octanol–water partition coefficient (Wildman–Crippen LogP) is 2.16. The van der Waals surface area contributed by atoms with E-state index in [-0.39, 0.29) is 0 Å². The number of nitrogens with zero attached hydrogens (tertiary/aromatic N) is 4. The minimum absolute atomic E-state index is 0.474. The Hall–Kier alpha value is -2.43. The molecular weight excluding hydrogens is 216 g/mol. The van der Waals surface area contributed by atoms with Crippen molar-refractivity contribution in [2.45, 2.75) is 0 Å². The summed E-state index contributed by atoms with van der Waals surface area (Å²) < 4.78 is 7.51. The van der Waals surface area contributed by atoms with Gasteiger partial charge in [-0.25, -0.2) is 9.97 Å². The topological polar surface area (TPSA) is 52.8 Å². The smallest absolute Gasteiger partial charge is 0.250 e. The Morgan fingerprint density at radius 3 is 2.71 bits per heavy atom. The van der Waals surface area contributed by atoms with E-state index in [1.165, 1.54) is 6.33 Å². The van der Waals surface area contributed by atoms with Crippen LogP contribution in [0.5, 0.6) is 11.6 Å². The van der Waals surface area contributed by atoms with E-state index in [1.807, 2.05) is 41.9 Å². The minimum atomic E-state index is 0.474. The van der Waals surface area contributed by atoms with Gasteiger partial charge in [0.1, 0.15) is 12.1 Å². The van der Waals surface area contributed by atoms with E-state index in [2.05, 4.69) is 15.0 Å². The van der Waals surface area contributed by atoms with Crippen molar-refractivity contribution < 1.29 is 4.74 Å². The molecule has 0 spiro atoms. The molecule has 0 aliphatic rings. The van der Waals surface area contributed by atoms with Gasteiger partial charge in [0.05, 0.1) is 6.33 Å². The maximum atomic E-state index is 5.68. The fourth-order valence-corrected chi connectivity index (χ4v) is 1.60. The van der Waals surface area contributed by atoms with Gasteiger partial charge >= 0.3 is 0 Å². The lowest BCUT2D eigenvalue weighted by Crippen LogP contribution is -1.92. The molecule has 3 rings (SSSR count). The van der Waals surface area contributed by atoms with Crippen LogP contribution in [-0.4, -0.2) is 19.5 Å². The zero-order valence-corrected chi connectivity index (χ0v) is 9.24. The molecule has 0 unspecified atom stereocenters. The molecule has 0 fully saturated rings. The first kappa shape index (κ1) is 9.77. The van der Waals surface area contributed by atoms with Gasteiger partial charge < -0.3 is 9.30 Å². The summed E-state index contributed by atoms with van der Waals surface area (Å²) in [5, 5.41) is 0. The normalized spacial score (nSPS) is 10.6. The number of fused-ring (bicyclic) bond motifs is 1. The third-order valence-corrected chi connectivity index (χ3v) is 2.42. The van der Waals surface area contributed by atoms with E-state index in [1.54, 1.807) is 6.33 Å². The van der Waals surface area contributed by atoms with E-state index < -0.39 is 0 Å². The zero-order chi connectivity index (χ0) is 11.7. The number of rotatable bonds is 2. The molecule has 5 nitrogen and oxygen atoms in total. The fourth-order valence-electron chi connectivity index (χ4n) is 1.60. The second-order valence-corrected chi connectivity index (χ2v) is 3.62. The molecule has 84 valence electrons. The Kier molecular flexibility index (Phi) is 2.22. The minimum Gasteiger partial charge on any atom is -0.437 e. The average Bonchev–Trinajstić information content (AvgIpc) is 2.74. The lowest BCUT2D eigenvalue weighted by molar-refractivity contribution is 0.467. The van der Waals surface area contributed by atoms with Crippen molar-refractivity contribution in [3.05, 3.63) is 43.0 Å². The first-order valence-corrected chi connectivity index (χ1v) is 5.19. The molecule has 2 aromatic heterocycles. The van der Waals surface area contributed by atoms with Crippen LogP contribution in [-0.2, 0) is 7.05 Å². The lowest BCUT2D eigenvalue weighted by atomic mass is 10.3. The van der Waals surface area contributed by atoms with E-state index >= 15 is 0 Å². The Morgan fingerprint density at radius 1 is 1.06 bits per heavy atom. The van der Waals surface area contributed by atoms with Crippen molar-refractivity contribution in [1.29, 1.82) is 0 Å². The molecule has 5 heteroatoms. The number of hydrogen-bond acceptors (Lipinski definition) is 4. The van der Waals surface area contributed by atoms with Crippen LogP contribution in [0.15, 0.2) is 43.0 Å². The van der Waals surface area contributed by atoms with Crippen molar-refractivity contribution in [1.82, 2.24) is 19.5 Å². The standard InChI is InChI=1S/C12H10N4O/c1-16-8-15-10-11(16)13-7-14-12(10)17-9-5-3-2-4-6-9/h2-8H,1H3. The first-order chi connectivity index (χ1) is 8.34. The number of para-hydroxylation sites is 1. The van der Waals surface area contributed by atoms with Gasteiger partial charge in [-0.15, -0.1) is 0 Å². The molecule has 3 aromatic rings. The first-order valence-electron chi connectivity index (χ1n) is 5.19. The number of ether oxygens (including phenoxy) is 1. The molecule has 17 heavy (non-hydrogen) atoms. The molecule has 0 atom stereocenters. The van der Waals surface area contributed by atoms with E-state index in [9.17, 15) is 0 Å².